The van der Waals surface area contributed by atoms with E-state index in [1.54, 1.807) is 0 Å². The molecule has 0 amide bonds. The monoisotopic (exact) mass is 818 g/mol. The normalized spacial score (nSPS) is 11.8. The number of rotatable bonds is 6. The van der Waals surface area contributed by atoms with Gasteiger partial charge in [-0.15, -0.1) is 11.3 Å². The van der Waals surface area contributed by atoms with E-state index in [1.807, 2.05) is 11.3 Å². The molecule has 0 saturated carbocycles. The second-order valence-electron chi connectivity index (χ2n) is 16.4. The Hall–Kier alpha value is -7.98. The number of para-hydroxylation sites is 2. The van der Waals surface area contributed by atoms with Crippen molar-refractivity contribution in [3.05, 3.63) is 231 Å². The summed E-state index contributed by atoms with van der Waals surface area (Å²) in [5.74, 6) is 0. The van der Waals surface area contributed by atoms with Crippen molar-refractivity contribution >= 4 is 75.1 Å². The number of aromatic nitrogens is 2. The molecule has 0 bridgehead atoms. The second kappa shape index (κ2) is 14.3. The zero-order chi connectivity index (χ0) is 41.4. The highest BCUT2D eigenvalue weighted by molar-refractivity contribution is 7.26. The van der Waals surface area contributed by atoms with Gasteiger partial charge in [0, 0.05) is 47.4 Å². The molecule has 0 aliphatic heterocycles. The highest BCUT2D eigenvalue weighted by atomic mass is 32.1. The largest absolute Gasteiger partial charge is 0.309 e. The maximum absolute atomic E-state index is 2.50. The molecule has 0 fully saturated rings. The van der Waals surface area contributed by atoms with Crippen molar-refractivity contribution in [3.63, 3.8) is 0 Å². The van der Waals surface area contributed by atoms with E-state index in [0.29, 0.717) is 0 Å². The van der Waals surface area contributed by atoms with Gasteiger partial charge in [0.1, 0.15) is 0 Å². The van der Waals surface area contributed by atoms with Gasteiger partial charge in [0.05, 0.1) is 27.8 Å². The molecular weight excluding hydrogens is 781 g/mol. The summed E-state index contributed by atoms with van der Waals surface area (Å²) in [7, 11) is 0. The Labute approximate surface area is 368 Å². The first-order valence-electron chi connectivity index (χ1n) is 21.6. The summed E-state index contributed by atoms with van der Waals surface area (Å²) in [5.41, 5.74) is 16.9. The van der Waals surface area contributed by atoms with E-state index in [2.05, 4.69) is 240 Å². The summed E-state index contributed by atoms with van der Waals surface area (Å²) >= 11 is 1.87. The lowest BCUT2D eigenvalue weighted by atomic mass is 9.92. The van der Waals surface area contributed by atoms with Crippen LogP contribution in [0.3, 0.4) is 0 Å². The molecule has 0 atom stereocenters. The molecular formula is C60H38N2S. The first kappa shape index (κ1) is 35.7. The van der Waals surface area contributed by atoms with Crippen molar-refractivity contribution in [2.75, 3.05) is 0 Å². The minimum atomic E-state index is 1.15. The topological polar surface area (TPSA) is 9.86 Å². The second-order valence-corrected chi connectivity index (χ2v) is 17.5. The van der Waals surface area contributed by atoms with Gasteiger partial charge in [-0.25, -0.2) is 0 Å². The van der Waals surface area contributed by atoms with Crippen molar-refractivity contribution in [1.82, 2.24) is 9.13 Å². The Morgan fingerprint density at radius 2 is 0.825 bits per heavy atom. The fourth-order valence-electron chi connectivity index (χ4n) is 10.2. The molecule has 3 heterocycles. The van der Waals surface area contributed by atoms with Crippen LogP contribution in [0.15, 0.2) is 231 Å². The number of fused-ring (bicyclic) bond motifs is 9. The third kappa shape index (κ3) is 5.57. The smallest absolute Gasteiger partial charge is 0.0562 e. The molecule has 0 aliphatic carbocycles. The molecule has 2 nitrogen and oxygen atoms in total. The summed E-state index contributed by atoms with van der Waals surface area (Å²) in [6.07, 6.45) is 0. The summed E-state index contributed by atoms with van der Waals surface area (Å²) in [6.45, 7) is 0. The quantitative estimate of drug-likeness (QED) is 0.158. The summed E-state index contributed by atoms with van der Waals surface area (Å²) in [4.78, 5) is 0. The highest BCUT2D eigenvalue weighted by Crippen LogP contribution is 2.46. The third-order valence-corrected chi connectivity index (χ3v) is 14.1. The third-order valence-electron chi connectivity index (χ3n) is 12.9. The Balaban J connectivity index is 1.03. The van der Waals surface area contributed by atoms with E-state index >= 15 is 0 Å². The van der Waals surface area contributed by atoms with Crippen molar-refractivity contribution in [2.24, 2.45) is 0 Å². The summed E-state index contributed by atoms with van der Waals surface area (Å²) in [6, 6.07) is 84.6. The van der Waals surface area contributed by atoms with Gasteiger partial charge >= 0.3 is 0 Å². The van der Waals surface area contributed by atoms with Crippen LogP contribution in [0.4, 0.5) is 0 Å². The Kier molecular flexibility index (Phi) is 8.12. The lowest BCUT2D eigenvalue weighted by Gasteiger charge is -2.13. The van der Waals surface area contributed by atoms with E-state index in [9.17, 15) is 0 Å². The molecule has 0 radical (unpaired) electrons. The van der Waals surface area contributed by atoms with Gasteiger partial charge in [-0.1, -0.05) is 170 Å². The van der Waals surface area contributed by atoms with Crippen molar-refractivity contribution in [3.8, 4) is 55.9 Å². The van der Waals surface area contributed by atoms with Crippen LogP contribution in [0.1, 0.15) is 0 Å². The molecule has 63 heavy (non-hydrogen) atoms. The molecule has 13 rings (SSSR count). The molecule has 0 saturated heterocycles. The lowest BCUT2D eigenvalue weighted by molar-refractivity contribution is 1.17. The van der Waals surface area contributed by atoms with Crippen molar-refractivity contribution in [1.29, 1.82) is 0 Å². The average molecular weight is 819 g/mol. The van der Waals surface area contributed by atoms with Gasteiger partial charge in [-0.3, -0.25) is 0 Å². The zero-order valence-electron chi connectivity index (χ0n) is 34.2. The van der Waals surface area contributed by atoms with Crippen LogP contribution >= 0.6 is 11.3 Å². The first-order valence-corrected chi connectivity index (χ1v) is 22.4. The van der Waals surface area contributed by atoms with Crippen LogP contribution in [0, 0.1) is 0 Å². The molecule has 0 unspecified atom stereocenters. The van der Waals surface area contributed by atoms with Crippen molar-refractivity contribution in [2.45, 2.75) is 0 Å². The molecule has 13 aromatic rings. The fourth-order valence-corrected chi connectivity index (χ4v) is 11.4. The molecule has 3 aromatic heterocycles. The summed E-state index contributed by atoms with van der Waals surface area (Å²) < 4.78 is 7.57. The molecule has 0 N–H and O–H groups in total. The lowest BCUT2D eigenvalue weighted by Crippen LogP contribution is -1.96. The summed E-state index contributed by atoms with van der Waals surface area (Å²) in [5, 5.41) is 7.55. The average Bonchev–Trinajstić information content (AvgIpc) is 4.02. The van der Waals surface area contributed by atoms with E-state index < -0.39 is 0 Å². The predicted octanol–water partition coefficient (Wildman–Crippen LogP) is 16.9. The van der Waals surface area contributed by atoms with E-state index in [-0.39, 0.29) is 0 Å². The minimum Gasteiger partial charge on any atom is -0.309 e. The van der Waals surface area contributed by atoms with Crippen LogP contribution in [0.5, 0.6) is 0 Å². The molecule has 294 valence electrons. The van der Waals surface area contributed by atoms with Gasteiger partial charge in [0.25, 0.3) is 0 Å². The van der Waals surface area contributed by atoms with E-state index in [0.717, 1.165) is 5.69 Å². The van der Waals surface area contributed by atoms with Gasteiger partial charge in [0.2, 0.25) is 0 Å². The Morgan fingerprint density at radius 1 is 0.270 bits per heavy atom. The Morgan fingerprint density at radius 3 is 1.63 bits per heavy atom. The van der Waals surface area contributed by atoms with Gasteiger partial charge in [-0.05, 0) is 105 Å². The van der Waals surface area contributed by atoms with Crippen LogP contribution in [-0.4, -0.2) is 9.13 Å². The SMILES string of the molecule is c1ccc(-c2cccc(-c3cccc4sc5ccc(-n6c7ccccc7c7c(-n8c9ccccc9c9c(-c%10ccccc%10-c%10ccccc%10)cccc98)cccc76)cc5c34)c2)cc1. The zero-order valence-corrected chi connectivity index (χ0v) is 35.1. The number of hydrogen-bond acceptors (Lipinski definition) is 1. The highest BCUT2D eigenvalue weighted by Gasteiger charge is 2.22. The van der Waals surface area contributed by atoms with Crippen LogP contribution in [0.2, 0.25) is 0 Å². The van der Waals surface area contributed by atoms with Gasteiger partial charge in [0.15, 0.2) is 0 Å². The molecule has 0 aliphatic rings. The maximum atomic E-state index is 2.50. The number of hydrogen-bond donors (Lipinski definition) is 0. The molecule has 0 spiro atoms. The minimum absolute atomic E-state index is 1.15. The van der Waals surface area contributed by atoms with Crippen LogP contribution < -0.4 is 0 Å². The maximum Gasteiger partial charge on any atom is 0.0562 e. The van der Waals surface area contributed by atoms with Gasteiger partial charge < -0.3 is 9.13 Å². The fraction of sp³-hybridized carbons (Fsp3) is 0. The molecule has 10 aromatic carbocycles. The number of nitrogens with zero attached hydrogens (tertiary/aromatic N) is 2. The number of benzene rings is 10. The number of thiophene rings is 1. The van der Waals surface area contributed by atoms with Crippen LogP contribution in [0.25, 0.3) is 120 Å². The molecule has 3 heteroatoms. The van der Waals surface area contributed by atoms with Crippen molar-refractivity contribution < 1.29 is 0 Å². The first-order chi connectivity index (χ1) is 31.3. The van der Waals surface area contributed by atoms with E-state index in [4.69, 9.17) is 0 Å². The van der Waals surface area contributed by atoms with Gasteiger partial charge in [-0.2, -0.15) is 0 Å². The Bertz CT molecular complexity index is 3900. The predicted molar refractivity (Wildman–Crippen MR) is 270 cm³/mol. The van der Waals surface area contributed by atoms with Crippen LogP contribution in [-0.2, 0) is 0 Å². The standard InChI is InChI=1S/C60H38N2S/c1-3-17-39(18-4-1)41-21-13-22-42(37-41)45-27-15-34-57-59(45)50-38-43(35-36-56(50)63-57)61-51-29-11-10-26-49(51)60-54(61)32-16-33-55(60)62-52-30-12-9-25-48(52)58-47(28-14-31-53(58)62)46-24-8-7-23-44(46)40-19-5-2-6-20-40/h1-38H. The van der Waals surface area contributed by atoms with E-state index in [1.165, 1.54) is 114 Å².